The lowest BCUT2D eigenvalue weighted by molar-refractivity contribution is 0.957. The van der Waals surface area contributed by atoms with Crippen molar-refractivity contribution in [2.75, 3.05) is 7.05 Å². The Balaban J connectivity index is 2.23. The number of fused-ring (bicyclic) bond motifs is 1. The molecule has 0 unspecified atom stereocenters. The Kier molecular flexibility index (Phi) is 3.40. The summed E-state index contributed by atoms with van der Waals surface area (Å²) >= 11 is 0. The van der Waals surface area contributed by atoms with Crippen molar-refractivity contribution in [3.05, 3.63) is 78.1 Å². The average Bonchev–Trinajstić information content (AvgIpc) is 2.53. The van der Waals surface area contributed by atoms with Gasteiger partial charge < -0.3 is 4.57 Å². The van der Waals surface area contributed by atoms with Gasteiger partial charge in [0.1, 0.15) is 5.49 Å². The van der Waals surface area contributed by atoms with Crippen LogP contribution < -0.4 is 5.49 Å². The van der Waals surface area contributed by atoms with Crippen LogP contribution in [0, 0.1) is 6.92 Å². The lowest BCUT2D eigenvalue weighted by atomic mass is 10.1. The van der Waals surface area contributed by atoms with Gasteiger partial charge in [-0.05, 0) is 36.8 Å². The van der Waals surface area contributed by atoms with E-state index in [9.17, 15) is 0 Å². The summed E-state index contributed by atoms with van der Waals surface area (Å²) in [4.78, 5) is 8.75. The monoisotopic (exact) mass is 275 g/mol. The van der Waals surface area contributed by atoms with Gasteiger partial charge in [-0.2, -0.15) is 0 Å². The Hall–Kier alpha value is -2.68. The summed E-state index contributed by atoms with van der Waals surface area (Å²) in [6, 6.07) is 14.2. The van der Waals surface area contributed by atoms with Crippen molar-refractivity contribution >= 4 is 16.6 Å². The average molecular weight is 275 g/mol. The highest BCUT2D eigenvalue weighted by Crippen LogP contribution is 2.22. The number of pyridine rings is 2. The molecular formula is C18H17N3. The Morgan fingerprint density at radius 1 is 1.19 bits per heavy atom. The molecule has 0 aliphatic heterocycles. The highest BCUT2D eigenvalue weighted by molar-refractivity contribution is 5.90. The summed E-state index contributed by atoms with van der Waals surface area (Å²) in [5.41, 5.74) is 5.01. The highest BCUT2D eigenvalue weighted by Gasteiger charge is 2.07. The first kappa shape index (κ1) is 13.3. The molecule has 3 heteroatoms. The molecule has 0 fully saturated rings. The van der Waals surface area contributed by atoms with Gasteiger partial charge in [0.15, 0.2) is 0 Å². The van der Waals surface area contributed by atoms with Crippen LogP contribution >= 0.6 is 0 Å². The van der Waals surface area contributed by atoms with Crippen LogP contribution in [0.5, 0.6) is 0 Å². The van der Waals surface area contributed by atoms with E-state index in [2.05, 4.69) is 41.7 Å². The molecule has 0 aliphatic carbocycles. The second-order valence-electron chi connectivity index (χ2n) is 4.98. The zero-order chi connectivity index (χ0) is 14.8. The SMILES string of the molecule is C=C(c1ccnc2ccccc12)n1ccc(C)cc1=NC. The Morgan fingerprint density at radius 2 is 2.00 bits per heavy atom. The summed E-state index contributed by atoms with van der Waals surface area (Å²) in [5.74, 6) is 0. The Labute approximate surface area is 123 Å². The molecule has 2 heterocycles. The Morgan fingerprint density at radius 3 is 2.81 bits per heavy atom. The predicted molar refractivity (Wildman–Crippen MR) is 86.8 cm³/mol. The minimum absolute atomic E-state index is 0.890. The maximum atomic E-state index is 4.40. The van der Waals surface area contributed by atoms with Crippen LogP contribution in [0.1, 0.15) is 11.1 Å². The molecule has 0 aliphatic rings. The van der Waals surface area contributed by atoms with Gasteiger partial charge in [-0.15, -0.1) is 0 Å². The first-order valence-corrected chi connectivity index (χ1v) is 6.86. The molecule has 0 saturated heterocycles. The van der Waals surface area contributed by atoms with E-state index in [4.69, 9.17) is 0 Å². The molecule has 0 spiro atoms. The maximum absolute atomic E-state index is 4.40. The zero-order valence-electron chi connectivity index (χ0n) is 12.2. The number of rotatable bonds is 2. The van der Waals surface area contributed by atoms with Crippen molar-refractivity contribution in [2.24, 2.45) is 4.99 Å². The molecule has 0 bridgehead atoms. The van der Waals surface area contributed by atoms with Gasteiger partial charge in [-0.3, -0.25) is 9.98 Å². The fraction of sp³-hybridized carbons (Fsp3) is 0.111. The Bertz CT molecular complexity index is 883. The van der Waals surface area contributed by atoms with Crippen LogP contribution in [0.3, 0.4) is 0 Å². The number of hydrogen-bond acceptors (Lipinski definition) is 2. The van der Waals surface area contributed by atoms with E-state index in [0.29, 0.717) is 0 Å². The van der Waals surface area contributed by atoms with Gasteiger partial charge >= 0.3 is 0 Å². The number of nitrogens with zero attached hydrogens (tertiary/aromatic N) is 3. The molecule has 0 N–H and O–H groups in total. The fourth-order valence-electron chi connectivity index (χ4n) is 2.47. The summed E-state index contributed by atoms with van der Waals surface area (Å²) in [5, 5.41) is 1.10. The number of benzene rings is 1. The molecule has 0 saturated carbocycles. The molecule has 104 valence electrons. The highest BCUT2D eigenvalue weighted by atomic mass is 15.0. The largest absolute Gasteiger partial charge is 0.302 e. The van der Waals surface area contributed by atoms with Crippen molar-refractivity contribution in [1.29, 1.82) is 0 Å². The molecule has 3 aromatic rings. The fourth-order valence-corrected chi connectivity index (χ4v) is 2.47. The topological polar surface area (TPSA) is 30.2 Å². The van der Waals surface area contributed by atoms with E-state index in [-0.39, 0.29) is 0 Å². The van der Waals surface area contributed by atoms with Crippen molar-refractivity contribution in [3.63, 3.8) is 0 Å². The minimum atomic E-state index is 0.890. The van der Waals surface area contributed by atoms with E-state index >= 15 is 0 Å². The maximum Gasteiger partial charge on any atom is 0.132 e. The van der Waals surface area contributed by atoms with E-state index in [0.717, 1.165) is 27.7 Å². The molecule has 0 atom stereocenters. The molecule has 0 amide bonds. The van der Waals surface area contributed by atoms with Gasteiger partial charge in [0.2, 0.25) is 0 Å². The van der Waals surface area contributed by atoms with Crippen LogP contribution in [0.2, 0.25) is 0 Å². The van der Waals surface area contributed by atoms with Crippen molar-refractivity contribution < 1.29 is 0 Å². The third kappa shape index (κ3) is 2.38. The van der Waals surface area contributed by atoms with Gasteiger partial charge in [0, 0.05) is 36.1 Å². The quantitative estimate of drug-likeness (QED) is 0.705. The van der Waals surface area contributed by atoms with Crippen LogP contribution in [-0.4, -0.2) is 16.6 Å². The summed E-state index contributed by atoms with van der Waals surface area (Å²) in [6.07, 6.45) is 3.83. The summed E-state index contributed by atoms with van der Waals surface area (Å²) in [6.45, 7) is 6.32. The van der Waals surface area contributed by atoms with Gasteiger partial charge in [0.25, 0.3) is 0 Å². The molecule has 0 radical (unpaired) electrons. The number of aryl methyl sites for hydroxylation is 1. The third-order valence-electron chi connectivity index (χ3n) is 3.57. The normalized spacial score (nSPS) is 11.8. The third-order valence-corrected chi connectivity index (χ3v) is 3.57. The number of para-hydroxylation sites is 1. The van der Waals surface area contributed by atoms with Crippen LogP contribution in [-0.2, 0) is 0 Å². The smallest absolute Gasteiger partial charge is 0.132 e. The number of aromatic nitrogens is 2. The molecule has 2 aromatic heterocycles. The van der Waals surface area contributed by atoms with E-state index < -0.39 is 0 Å². The summed E-state index contributed by atoms with van der Waals surface area (Å²) < 4.78 is 2.01. The van der Waals surface area contributed by atoms with Crippen LogP contribution in [0.15, 0.2) is 66.4 Å². The van der Waals surface area contributed by atoms with E-state index in [1.807, 2.05) is 41.2 Å². The predicted octanol–water partition coefficient (Wildman–Crippen LogP) is 3.39. The lowest BCUT2D eigenvalue weighted by Crippen LogP contribution is -2.19. The molecule has 3 nitrogen and oxygen atoms in total. The molecular weight excluding hydrogens is 258 g/mol. The van der Waals surface area contributed by atoms with Gasteiger partial charge in [0.05, 0.1) is 5.52 Å². The van der Waals surface area contributed by atoms with Gasteiger partial charge in [-0.25, -0.2) is 0 Å². The zero-order valence-corrected chi connectivity index (χ0v) is 12.2. The molecule has 1 aromatic carbocycles. The van der Waals surface area contributed by atoms with Crippen molar-refractivity contribution in [1.82, 2.24) is 9.55 Å². The first-order chi connectivity index (χ1) is 10.2. The van der Waals surface area contributed by atoms with Gasteiger partial charge in [-0.1, -0.05) is 24.8 Å². The van der Waals surface area contributed by atoms with Crippen LogP contribution in [0.4, 0.5) is 0 Å². The second kappa shape index (κ2) is 5.37. The van der Waals surface area contributed by atoms with Crippen LogP contribution in [0.25, 0.3) is 16.6 Å². The van der Waals surface area contributed by atoms with Crippen molar-refractivity contribution in [2.45, 2.75) is 6.92 Å². The second-order valence-corrected chi connectivity index (χ2v) is 4.98. The summed E-state index contributed by atoms with van der Waals surface area (Å²) in [7, 11) is 1.79. The van der Waals surface area contributed by atoms with Crippen molar-refractivity contribution in [3.8, 4) is 0 Å². The standard InChI is InChI=1S/C18H17N3/c1-13-9-11-21(18(12-13)19-3)14(2)15-8-10-20-17-7-5-4-6-16(15)17/h4-12H,2H2,1,3H3. The molecule has 3 rings (SSSR count). The van der Waals surface area contributed by atoms with E-state index in [1.54, 1.807) is 7.05 Å². The van der Waals surface area contributed by atoms with E-state index in [1.165, 1.54) is 5.56 Å². The first-order valence-electron chi connectivity index (χ1n) is 6.86. The number of hydrogen-bond donors (Lipinski definition) is 0. The molecule has 21 heavy (non-hydrogen) atoms. The lowest BCUT2D eigenvalue weighted by Gasteiger charge is -2.13. The minimum Gasteiger partial charge on any atom is -0.302 e.